The lowest BCUT2D eigenvalue weighted by Gasteiger charge is -2.07. The molecule has 21 heavy (non-hydrogen) atoms. The number of amides is 1. The lowest BCUT2D eigenvalue weighted by Crippen LogP contribution is -2.12. The van der Waals surface area contributed by atoms with Crippen molar-refractivity contribution in [2.75, 3.05) is 11.9 Å². The van der Waals surface area contributed by atoms with Crippen LogP contribution in [0.4, 0.5) is 14.5 Å². The number of carbonyl (C=O) groups excluding carboxylic acids is 1. The normalized spacial score (nSPS) is 10.0. The van der Waals surface area contributed by atoms with Crippen molar-refractivity contribution in [3.63, 3.8) is 0 Å². The van der Waals surface area contributed by atoms with Gasteiger partial charge in [-0.05, 0) is 36.4 Å². The number of hydrogen-bond acceptors (Lipinski definition) is 2. The van der Waals surface area contributed by atoms with E-state index in [2.05, 4.69) is 11.9 Å². The Bertz CT molecular complexity index is 654. The zero-order chi connectivity index (χ0) is 15.2. The molecule has 5 heteroatoms. The fourth-order valence-electron chi connectivity index (χ4n) is 1.63. The molecule has 0 saturated heterocycles. The molecule has 0 aliphatic carbocycles. The zero-order valence-corrected chi connectivity index (χ0v) is 11.1. The number of anilines is 1. The molecule has 0 aromatic heterocycles. The maximum absolute atomic E-state index is 13.1. The van der Waals surface area contributed by atoms with E-state index in [0.29, 0.717) is 17.9 Å². The topological polar surface area (TPSA) is 38.3 Å². The summed E-state index contributed by atoms with van der Waals surface area (Å²) in [5.74, 6) is -1.78. The molecule has 1 N–H and O–H groups in total. The average molecular weight is 289 g/mol. The predicted octanol–water partition coefficient (Wildman–Crippen LogP) is 3.78. The molecular formula is C16H13F2NO2. The van der Waals surface area contributed by atoms with Gasteiger partial charge < -0.3 is 10.1 Å². The quantitative estimate of drug-likeness (QED) is 0.851. The first-order valence-electron chi connectivity index (χ1n) is 6.20. The van der Waals surface area contributed by atoms with Crippen molar-refractivity contribution >= 4 is 11.6 Å². The summed E-state index contributed by atoms with van der Waals surface area (Å²) in [6.07, 6.45) is 1.61. The molecule has 3 nitrogen and oxygen atoms in total. The van der Waals surface area contributed by atoms with Crippen LogP contribution in [0.25, 0.3) is 0 Å². The van der Waals surface area contributed by atoms with E-state index < -0.39 is 17.5 Å². The number of hydrogen-bond donors (Lipinski definition) is 1. The Morgan fingerprint density at radius 2 is 1.86 bits per heavy atom. The van der Waals surface area contributed by atoms with Gasteiger partial charge in [-0.1, -0.05) is 12.7 Å². The third-order valence-corrected chi connectivity index (χ3v) is 2.66. The Kier molecular flexibility index (Phi) is 4.66. The monoisotopic (exact) mass is 289 g/mol. The summed E-state index contributed by atoms with van der Waals surface area (Å²) in [6, 6.07) is 9.61. The van der Waals surface area contributed by atoms with E-state index in [0.717, 1.165) is 12.1 Å². The van der Waals surface area contributed by atoms with Crippen LogP contribution < -0.4 is 10.1 Å². The number of carbonyl (C=O) groups is 1. The van der Waals surface area contributed by atoms with Crippen molar-refractivity contribution in [1.82, 2.24) is 0 Å². The minimum Gasteiger partial charge on any atom is -0.490 e. The van der Waals surface area contributed by atoms with Gasteiger partial charge in [0.05, 0.1) is 0 Å². The fraction of sp³-hybridized carbons (Fsp3) is 0.0625. The van der Waals surface area contributed by atoms with Crippen molar-refractivity contribution in [1.29, 1.82) is 0 Å². The summed E-state index contributed by atoms with van der Waals surface area (Å²) in [4.78, 5) is 12.0. The Morgan fingerprint density at radius 3 is 2.48 bits per heavy atom. The van der Waals surface area contributed by atoms with E-state index in [1.54, 1.807) is 30.3 Å². The van der Waals surface area contributed by atoms with Crippen LogP contribution in [0.2, 0.25) is 0 Å². The summed E-state index contributed by atoms with van der Waals surface area (Å²) in [5, 5.41) is 2.49. The van der Waals surface area contributed by atoms with Crippen molar-refractivity contribution < 1.29 is 18.3 Å². The average Bonchev–Trinajstić information content (AvgIpc) is 2.49. The van der Waals surface area contributed by atoms with Gasteiger partial charge in [0.15, 0.2) is 11.6 Å². The SMILES string of the molecule is C=CCOc1ccc(C(=O)Nc2ccc(F)c(F)c2)cc1. The predicted molar refractivity (Wildman–Crippen MR) is 76.4 cm³/mol. The van der Waals surface area contributed by atoms with Crippen LogP contribution in [-0.2, 0) is 0 Å². The van der Waals surface area contributed by atoms with E-state index in [-0.39, 0.29) is 5.69 Å². The molecule has 0 saturated carbocycles. The fourth-order valence-corrected chi connectivity index (χ4v) is 1.63. The van der Waals surface area contributed by atoms with Crippen molar-refractivity contribution in [3.8, 4) is 5.75 Å². The van der Waals surface area contributed by atoms with Gasteiger partial charge in [0.25, 0.3) is 5.91 Å². The van der Waals surface area contributed by atoms with E-state index >= 15 is 0 Å². The van der Waals surface area contributed by atoms with Crippen molar-refractivity contribution in [2.24, 2.45) is 0 Å². The third-order valence-electron chi connectivity index (χ3n) is 2.66. The number of rotatable bonds is 5. The minimum atomic E-state index is -1.01. The molecule has 0 bridgehead atoms. The molecule has 0 fully saturated rings. The lowest BCUT2D eigenvalue weighted by atomic mass is 10.2. The summed E-state index contributed by atoms with van der Waals surface area (Å²) < 4.78 is 31.1. The van der Waals surface area contributed by atoms with Gasteiger partial charge in [0.1, 0.15) is 12.4 Å². The molecular weight excluding hydrogens is 276 g/mol. The van der Waals surface area contributed by atoms with Gasteiger partial charge >= 0.3 is 0 Å². The first kappa shape index (κ1) is 14.7. The Labute approximate surface area is 120 Å². The van der Waals surface area contributed by atoms with Gasteiger partial charge in [-0.25, -0.2) is 8.78 Å². The lowest BCUT2D eigenvalue weighted by molar-refractivity contribution is 0.102. The number of ether oxygens (including phenoxy) is 1. The standard InChI is InChI=1S/C16H13F2NO2/c1-2-9-21-13-6-3-11(4-7-13)16(20)19-12-5-8-14(17)15(18)10-12/h2-8,10H,1,9H2,(H,19,20). The Balaban J connectivity index is 2.05. The van der Waals surface area contributed by atoms with Crippen LogP contribution in [0.5, 0.6) is 5.75 Å². The highest BCUT2D eigenvalue weighted by molar-refractivity contribution is 6.04. The molecule has 0 atom stereocenters. The molecule has 0 aliphatic heterocycles. The number of nitrogens with one attached hydrogen (secondary N) is 1. The van der Waals surface area contributed by atoms with Crippen LogP contribution in [0.3, 0.4) is 0 Å². The second kappa shape index (κ2) is 6.65. The molecule has 0 heterocycles. The third kappa shape index (κ3) is 3.89. The first-order chi connectivity index (χ1) is 10.1. The number of halogens is 2. The van der Waals surface area contributed by atoms with Crippen LogP contribution in [0.1, 0.15) is 10.4 Å². The smallest absolute Gasteiger partial charge is 0.255 e. The zero-order valence-electron chi connectivity index (χ0n) is 11.1. The van der Waals surface area contributed by atoms with Crippen LogP contribution in [0.15, 0.2) is 55.1 Å². The Morgan fingerprint density at radius 1 is 1.14 bits per heavy atom. The molecule has 2 rings (SSSR count). The molecule has 1 amide bonds. The van der Waals surface area contributed by atoms with E-state index in [1.807, 2.05) is 0 Å². The molecule has 0 aliphatic rings. The van der Waals surface area contributed by atoms with Crippen LogP contribution >= 0.6 is 0 Å². The maximum Gasteiger partial charge on any atom is 0.255 e. The van der Waals surface area contributed by atoms with Crippen LogP contribution in [0, 0.1) is 11.6 Å². The van der Waals surface area contributed by atoms with Crippen molar-refractivity contribution in [3.05, 3.63) is 72.3 Å². The molecule has 108 valence electrons. The molecule has 0 spiro atoms. The summed E-state index contributed by atoms with van der Waals surface area (Å²) in [6.45, 7) is 3.91. The van der Waals surface area contributed by atoms with Gasteiger partial charge in [0.2, 0.25) is 0 Å². The highest BCUT2D eigenvalue weighted by Crippen LogP contribution is 2.16. The second-order valence-electron chi connectivity index (χ2n) is 4.21. The molecule has 0 radical (unpaired) electrons. The Hall–Kier alpha value is -2.69. The van der Waals surface area contributed by atoms with Gasteiger partial charge in [-0.2, -0.15) is 0 Å². The highest BCUT2D eigenvalue weighted by Gasteiger charge is 2.08. The van der Waals surface area contributed by atoms with E-state index in [1.165, 1.54) is 6.07 Å². The highest BCUT2D eigenvalue weighted by atomic mass is 19.2. The van der Waals surface area contributed by atoms with E-state index in [9.17, 15) is 13.6 Å². The minimum absolute atomic E-state index is 0.186. The molecule has 2 aromatic carbocycles. The molecule has 2 aromatic rings. The largest absolute Gasteiger partial charge is 0.490 e. The molecule has 0 unspecified atom stereocenters. The summed E-state index contributed by atoms with van der Waals surface area (Å²) in [5.41, 5.74) is 0.566. The second-order valence-corrected chi connectivity index (χ2v) is 4.21. The van der Waals surface area contributed by atoms with Crippen molar-refractivity contribution in [2.45, 2.75) is 0 Å². The number of benzene rings is 2. The first-order valence-corrected chi connectivity index (χ1v) is 6.20. The van der Waals surface area contributed by atoms with Gasteiger partial charge in [-0.15, -0.1) is 0 Å². The van der Waals surface area contributed by atoms with E-state index in [4.69, 9.17) is 4.74 Å². The summed E-state index contributed by atoms with van der Waals surface area (Å²) >= 11 is 0. The van der Waals surface area contributed by atoms with Gasteiger partial charge in [0, 0.05) is 17.3 Å². The van der Waals surface area contributed by atoms with Crippen LogP contribution in [-0.4, -0.2) is 12.5 Å². The van der Waals surface area contributed by atoms with Gasteiger partial charge in [-0.3, -0.25) is 4.79 Å². The maximum atomic E-state index is 13.1. The summed E-state index contributed by atoms with van der Waals surface area (Å²) in [7, 11) is 0.